The van der Waals surface area contributed by atoms with E-state index in [1.807, 2.05) is 0 Å². The Morgan fingerprint density at radius 3 is 2.22 bits per heavy atom. The summed E-state index contributed by atoms with van der Waals surface area (Å²) in [6.07, 6.45) is 3.04. The number of hydrogen-bond donors (Lipinski definition) is 2. The molecule has 6 nitrogen and oxygen atoms in total. The highest BCUT2D eigenvalue weighted by atomic mass is 79.9. The van der Waals surface area contributed by atoms with Crippen LogP contribution in [-0.2, 0) is 19.4 Å². The largest absolute Gasteiger partial charge is 0.480 e. The minimum Gasteiger partial charge on any atom is -0.480 e. The van der Waals surface area contributed by atoms with Crippen molar-refractivity contribution >= 4 is 37.7 Å². The van der Waals surface area contributed by atoms with E-state index in [9.17, 15) is 18.0 Å². The predicted octanol–water partition coefficient (Wildman–Crippen LogP) is 0.794. The molecule has 0 aromatic carbocycles. The van der Waals surface area contributed by atoms with Crippen molar-refractivity contribution in [3.05, 3.63) is 22.6 Å². The summed E-state index contributed by atoms with van der Waals surface area (Å²) >= 11 is 2.95. The van der Waals surface area contributed by atoms with Gasteiger partial charge in [-0.15, -0.1) is 0 Å². The molecule has 0 aromatic heterocycles. The predicted molar refractivity (Wildman–Crippen MR) is 67.1 cm³/mol. The van der Waals surface area contributed by atoms with Gasteiger partial charge in [0.2, 0.25) is 0 Å². The van der Waals surface area contributed by atoms with E-state index in [-0.39, 0.29) is 4.91 Å². The molecule has 0 amide bonds. The van der Waals surface area contributed by atoms with E-state index in [1.54, 1.807) is 0 Å². The fourth-order valence-electron chi connectivity index (χ4n) is 1.72. The number of halogens is 1. The second-order valence-electron chi connectivity index (χ2n) is 3.98. The second kappa shape index (κ2) is 4.51. The van der Waals surface area contributed by atoms with Gasteiger partial charge in [0, 0.05) is 12.2 Å². The van der Waals surface area contributed by atoms with Gasteiger partial charge >= 0.3 is 11.9 Å². The Kier molecular flexibility index (Phi) is 3.73. The zero-order valence-corrected chi connectivity index (χ0v) is 11.9. The lowest BCUT2D eigenvalue weighted by Gasteiger charge is -2.31. The number of aliphatic carboxylic acids is 2. The molecule has 0 bridgehead atoms. The van der Waals surface area contributed by atoms with E-state index in [2.05, 4.69) is 15.9 Å². The van der Waals surface area contributed by atoms with Crippen LogP contribution in [0.15, 0.2) is 22.6 Å². The first kappa shape index (κ1) is 14.9. The summed E-state index contributed by atoms with van der Waals surface area (Å²) in [7, 11) is -3.73. The van der Waals surface area contributed by atoms with E-state index in [1.165, 1.54) is 6.92 Å². The molecule has 2 N–H and O–H groups in total. The average Bonchev–Trinajstić information content (AvgIpc) is 2.19. The molecule has 0 saturated carbocycles. The van der Waals surface area contributed by atoms with Gasteiger partial charge in [-0.25, -0.2) is 13.2 Å². The molecule has 1 aliphatic carbocycles. The zero-order valence-electron chi connectivity index (χ0n) is 9.55. The van der Waals surface area contributed by atoms with Gasteiger partial charge in [-0.3, -0.25) is 4.79 Å². The molecular formula is C10H11BrO6S. The quantitative estimate of drug-likeness (QED) is 0.736. The van der Waals surface area contributed by atoms with Crippen LogP contribution in [0.1, 0.15) is 6.92 Å². The molecule has 1 rings (SSSR count). The van der Waals surface area contributed by atoms with E-state index < -0.39 is 37.6 Å². The highest BCUT2D eigenvalue weighted by Gasteiger charge is 2.46. The van der Waals surface area contributed by atoms with Gasteiger partial charge in [-0.1, -0.05) is 28.9 Å². The molecule has 0 saturated heterocycles. The molecular weight excluding hydrogens is 328 g/mol. The van der Waals surface area contributed by atoms with Crippen LogP contribution in [-0.4, -0.2) is 41.1 Å². The third-order valence-electron chi connectivity index (χ3n) is 2.76. The Morgan fingerprint density at radius 2 is 1.89 bits per heavy atom. The normalized spacial score (nSPS) is 28.3. The van der Waals surface area contributed by atoms with Crippen LogP contribution < -0.4 is 0 Å². The summed E-state index contributed by atoms with van der Waals surface area (Å²) < 4.78 is 21.4. The Morgan fingerprint density at radius 1 is 1.39 bits per heavy atom. The van der Waals surface area contributed by atoms with Gasteiger partial charge < -0.3 is 10.2 Å². The Labute approximate surface area is 112 Å². The maximum Gasteiger partial charge on any atom is 0.333 e. The molecule has 8 heteroatoms. The number of rotatable bonds is 3. The number of sulfone groups is 1. The number of hydrogen-bond acceptors (Lipinski definition) is 4. The maximum atomic E-state index is 11.5. The van der Waals surface area contributed by atoms with Crippen molar-refractivity contribution in [1.29, 1.82) is 0 Å². The monoisotopic (exact) mass is 338 g/mol. The molecule has 0 heterocycles. The topological polar surface area (TPSA) is 109 Å². The van der Waals surface area contributed by atoms with Crippen LogP contribution in [0.4, 0.5) is 0 Å². The van der Waals surface area contributed by atoms with Crippen molar-refractivity contribution in [1.82, 2.24) is 0 Å². The van der Waals surface area contributed by atoms with Crippen LogP contribution in [0.25, 0.3) is 0 Å². The fourth-order valence-corrected chi connectivity index (χ4v) is 3.06. The molecule has 2 unspecified atom stereocenters. The number of carboxylic acid groups (broad SMARTS) is 2. The van der Waals surface area contributed by atoms with E-state index in [0.717, 1.165) is 18.4 Å². The Hall–Kier alpha value is -1.15. The average molecular weight is 339 g/mol. The summed E-state index contributed by atoms with van der Waals surface area (Å²) in [4.78, 5) is 21.9. The van der Waals surface area contributed by atoms with Crippen LogP contribution in [0, 0.1) is 5.92 Å². The van der Waals surface area contributed by atoms with Crippen molar-refractivity contribution in [2.75, 3.05) is 6.26 Å². The molecule has 0 aromatic rings. The van der Waals surface area contributed by atoms with Crippen molar-refractivity contribution < 1.29 is 28.2 Å². The van der Waals surface area contributed by atoms with Gasteiger partial charge in [-0.2, -0.15) is 0 Å². The lowest BCUT2D eigenvalue weighted by Crippen LogP contribution is -2.41. The van der Waals surface area contributed by atoms with Crippen molar-refractivity contribution in [3.8, 4) is 0 Å². The molecule has 0 spiro atoms. The second-order valence-corrected chi connectivity index (χ2v) is 7.28. The summed E-state index contributed by atoms with van der Waals surface area (Å²) in [5.74, 6) is -3.75. The maximum absolute atomic E-state index is 11.5. The van der Waals surface area contributed by atoms with Gasteiger partial charge in [0.15, 0.2) is 9.84 Å². The van der Waals surface area contributed by atoms with Gasteiger partial charge in [0.25, 0.3) is 0 Å². The highest BCUT2D eigenvalue weighted by molar-refractivity contribution is 9.10. The van der Waals surface area contributed by atoms with Crippen molar-refractivity contribution in [2.24, 2.45) is 5.92 Å². The lowest BCUT2D eigenvalue weighted by atomic mass is 9.83. The summed E-state index contributed by atoms with van der Waals surface area (Å²) in [5, 5.41) is 18.2. The first-order chi connectivity index (χ1) is 8.01. The fraction of sp³-hybridized carbons (Fsp3) is 0.400. The molecule has 0 fully saturated rings. The van der Waals surface area contributed by atoms with Crippen molar-refractivity contribution in [2.45, 2.75) is 11.2 Å². The molecule has 1 aliphatic rings. The zero-order chi connectivity index (χ0) is 14.3. The van der Waals surface area contributed by atoms with Gasteiger partial charge in [-0.05, 0) is 6.08 Å². The van der Waals surface area contributed by atoms with Crippen LogP contribution >= 0.6 is 15.9 Å². The summed E-state index contributed by atoms with van der Waals surface area (Å²) in [5.41, 5.74) is -0.431. The van der Waals surface area contributed by atoms with E-state index >= 15 is 0 Å². The smallest absolute Gasteiger partial charge is 0.333 e. The summed E-state index contributed by atoms with van der Waals surface area (Å²) in [6, 6.07) is 0. The van der Waals surface area contributed by atoms with Gasteiger partial charge in [0.1, 0.15) is 4.32 Å². The van der Waals surface area contributed by atoms with Crippen molar-refractivity contribution in [3.63, 3.8) is 0 Å². The molecule has 0 radical (unpaired) electrons. The van der Waals surface area contributed by atoms with E-state index in [0.29, 0.717) is 0 Å². The Balaban J connectivity index is 3.56. The standard InChI is InChI=1S/C10H11BrO6S/c1-5-7(8(12)13)6(18(2,16)17)3-4-10(5,11)9(14)15/h3-5H,1-2H3,(H,12,13)(H,14,15). The van der Waals surface area contributed by atoms with Crippen LogP contribution in [0.2, 0.25) is 0 Å². The number of carbonyl (C=O) groups is 2. The number of allylic oxidation sites excluding steroid dienone is 1. The third-order valence-corrected chi connectivity index (χ3v) is 5.21. The minimum absolute atomic E-state index is 0.362. The van der Waals surface area contributed by atoms with E-state index in [4.69, 9.17) is 10.2 Å². The summed E-state index contributed by atoms with van der Waals surface area (Å²) in [6.45, 7) is 1.35. The lowest BCUT2D eigenvalue weighted by molar-refractivity contribution is -0.139. The first-order valence-electron chi connectivity index (χ1n) is 4.81. The van der Waals surface area contributed by atoms with Crippen LogP contribution in [0.3, 0.4) is 0 Å². The van der Waals surface area contributed by atoms with Gasteiger partial charge in [0.05, 0.1) is 10.5 Å². The first-order valence-corrected chi connectivity index (χ1v) is 7.49. The molecule has 0 aliphatic heterocycles. The minimum atomic E-state index is -3.73. The third kappa shape index (κ3) is 2.35. The number of carboxylic acids is 2. The highest BCUT2D eigenvalue weighted by Crippen LogP contribution is 2.41. The molecule has 2 atom stereocenters. The SMILES string of the molecule is CC1C(C(=O)O)=C(S(C)(=O)=O)C=CC1(Br)C(=O)O. The Bertz CT molecular complexity index is 573. The van der Waals surface area contributed by atoms with Crippen LogP contribution in [0.5, 0.6) is 0 Å². The molecule has 100 valence electrons. The molecule has 18 heavy (non-hydrogen) atoms. The number of alkyl halides is 1.